The molecule has 0 aliphatic carbocycles. The van der Waals surface area contributed by atoms with Gasteiger partial charge in [-0.15, -0.1) is 12.4 Å². The molecule has 0 aromatic carbocycles. The summed E-state index contributed by atoms with van der Waals surface area (Å²) in [7, 11) is 0. The Morgan fingerprint density at radius 2 is 2.19 bits per heavy atom. The summed E-state index contributed by atoms with van der Waals surface area (Å²) in [6, 6.07) is 0.264. The molecule has 1 rings (SSSR count). The lowest BCUT2D eigenvalue weighted by Gasteiger charge is -2.35. The molecule has 126 valence electrons. The molecule has 1 amide bonds. The van der Waals surface area contributed by atoms with E-state index in [4.69, 9.17) is 10.5 Å². The Labute approximate surface area is 131 Å². The predicted octanol–water partition coefficient (Wildman–Crippen LogP) is 1.01. The number of carbonyl (C=O) groups is 1. The van der Waals surface area contributed by atoms with E-state index in [-0.39, 0.29) is 24.4 Å². The SMILES string of the molecule is Cl.NCCC(=O)NCC1CCCCN1CCOCC(F)F. The van der Waals surface area contributed by atoms with Crippen molar-refractivity contribution in [2.45, 2.75) is 38.2 Å². The van der Waals surface area contributed by atoms with Crippen LogP contribution < -0.4 is 11.1 Å². The standard InChI is InChI=1S/C13H25F2N3O2.ClH/c14-12(15)10-20-8-7-18-6-2-1-3-11(18)9-17-13(19)4-5-16;/h11-12H,1-10,16H2,(H,17,19);1H. The van der Waals surface area contributed by atoms with Gasteiger partial charge in [-0.2, -0.15) is 0 Å². The van der Waals surface area contributed by atoms with E-state index in [2.05, 4.69) is 10.2 Å². The summed E-state index contributed by atoms with van der Waals surface area (Å²) in [4.78, 5) is 13.6. The van der Waals surface area contributed by atoms with E-state index < -0.39 is 13.0 Å². The average molecular weight is 330 g/mol. The largest absolute Gasteiger partial charge is 0.374 e. The number of carbonyl (C=O) groups excluding carboxylic acids is 1. The number of hydrogen-bond acceptors (Lipinski definition) is 4. The van der Waals surface area contributed by atoms with E-state index >= 15 is 0 Å². The van der Waals surface area contributed by atoms with E-state index in [9.17, 15) is 13.6 Å². The van der Waals surface area contributed by atoms with E-state index in [0.29, 0.717) is 32.7 Å². The van der Waals surface area contributed by atoms with Crippen LogP contribution in [-0.2, 0) is 9.53 Å². The first kappa shape index (κ1) is 20.5. The van der Waals surface area contributed by atoms with Crippen LogP contribution in [-0.4, -0.2) is 62.7 Å². The minimum absolute atomic E-state index is 0. The second kappa shape index (κ2) is 12.1. The molecule has 0 bridgehead atoms. The van der Waals surface area contributed by atoms with Crippen molar-refractivity contribution in [2.75, 3.05) is 39.4 Å². The fraction of sp³-hybridized carbons (Fsp3) is 0.923. The lowest BCUT2D eigenvalue weighted by atomic mass is 10.0. The van der Waals surface area contributed by atoms with Gasteiger partial charge < -0.3 is 15.8 Å². The molecule has 0 spiro atoms. The maximum atomic E-state index is 12.0. The number of alkyl halides is 2. The lowest BCUT2D eigenvalue weighted by Crippen LogP contribution is -2.48. The predicted molar refractivity (Wildman–Crippen MR) is 80.0 cm³/mol. The molecule has 3 N–H and O–H groups in total. The van der Waals surface area contributed by atoms with E-state index in [0.717, 1.165) is 25.8 Å². The van der Waals surface area contributed by atoms with Crippen molar-refractivity contribution in [1.29, 1.82) is 0 Å². The Kier molecular flexibility index (Phi) is 11.8. The van der Waals surface area contributed by atoms with Gasteiger partial charge in [0.15, 0.2) is 0 Å². The van der Waals surface area contributed by atoms with Gasteiger partial charge in [-0.1, -0.05) is 6.42 Å². The van der Waals surface area contributed by atoms with Gasteiger partial charge in [-0.3, -0.25) is 9.69 Å². The molecule has 1 aliphatic heterocycles. The van der Waals surface area contributed by atoms with Gasteiger partial charge in [0.05, 0.1) is 6.61 Å². The van der Waals surface area contributed by atoms with Crippen molar-refractivity contribution in [3.05, 3.63) is 0 Å². The fourth-order valence-electron chi connectivity index (χ4n) is 2.39. The van der Waals surface area contributed by atoms with Gasteiger partial charge in [-0.25, -0.2) is 8.78 Å². The highest BCUT2D eigenvalue weighted by Crippen LogP contribution is 2.16. The number of amides is 1. The Balaban J connectivity index is 0.00000400. The van der Waals surface area contributed by atoms with E-state index in [1.54, 1.807) is 0 Å². The van der Waals surface area contributed by atoms with Crippen molar-refractivity contribution < 1.29 is 18.3 Å². The van der Waals surface area contributed by atoms with Gasteiger partial charge in [0, 0.05) is 32.1 Å². The molecule has 0 radical (unpaired) electrons. The minimum Gasteiger partial charge on any atom is -0.374 e. The second-order valence-electron chi connectivity index (χ2n) is 4.99. The monoisotopic (exact) mass is 329 g/mol. The number of hydrogen-bond donors (Lipinski definition) is 2. The Morgan fingerprint density at radius 3 is 2.86 bits per heavy atom. The normalized spacial score (nSPS) is 19.3. The number of halogens is 3. The summed E-state index contributed by atoms with van der Waals surface area (Å²) in [6.07, 6.45) is 1.17. The van der Waals surface area contributed by atoms with Gasteiger partial charge in [0.1, 0.15) is 6.61 Å². The smallest absolute Gasteiger partial charge is 0.261 e. The molecule has 21 heavy (non-hydrogen) atoms. The Hall–Kier alpha value is -0.500. The van der Waals surface area contributed by atoms with E-state index in [1.807, 2.05) is 0 Å². The molecule has 5 nitrogen and oxygen atoms in total. The molecule has 0 aromatic rings. The molecule has 1 unspecified atom stereocenters. The van der Waals surface area contributed by atoms with Gasteiger partial charge >= 0.3 is 0 Å². The van der Waals surface area contributed by atoms with Gasteiger partial charge in [0.2, 0.25) is 5.91 Å². The maximum absolute atomic E-state index is 12.0. The molecule has 8 heteroatoms. The van der Waals surface area contributed by atoms with Crippen LogP contribution in [0.4, 0.5) is 8.78 Å². The first-order valence-corrected chi connectivity index (χ1v) is 7.20. The lowest BCUT2D eigenvalue weighted by molar-refractivity contribution is -0.121. The molecule has 1 atom stereocenters. The number of nitrogens with one attached hydrogen (secondary N) is 1. The van der Waals surface area contributed by atoms with Crippen molar-refractivity contribution in [3.63, 3.8) is 0 Å². The summed E-state index contributed by atoms with van der Waals surface area (Å²) >= 11 is 0. The molecular formula is C13H26ClF2N3O2. The zero-order chi connectivity index (χ0) is 14.8. The van der Waals surface area contributed by atoms with Crippen LogP contribution in [0.3, 0.4) is 0 Å². The third-order valence-corrected chi connectivity index (χ3v) is 3.42. The highest BCUT2D eigenvalue weighted by atomic mass is 35.5. The highest BCUT2D eigenvalue weighted by Gasteiger charge is 2.22. The summed E-state index contributed by atoms with van der Waals surface area (Å²) in [5.74, 6) is -0.0352. The molecule has 1 aliphatic rings. The zero-order valence-electron chi connectivity index (χ0n) is 12.2. The number of rotatable bonds is 9. The van der Waals surface area contributed by atoms with E-state index in [1.165, 1.54) is 0 Å². The quantitative estimate of drug-likeness (QED) is 0.620. The highest BCUT2D eigenvalue weighted by molar-refractivity contribution is 5.85. The van der Waals surface area contributed by atoms with Crippen LogP contribution >= 0.6 is 12.4 Å². The Bertz CT molecular complexity index is 286. The molecule has 1 heterocycles. The molecule has 0 saturated carbocycles. The maximum Gasteiger partial charge on any atom is 0.261 e. The van der Waals surface area contributed by atoms with Gasteiger partial charge in [0.25, 0.3) is 6.43 Å². The second-order valence-corrected chi connectivity index (χ2v) is 4.99. The summed E-state index contributed by atoms with van der Waals surface area (Å²) in [5.41, 5.74) is 5.32. The molecule has 0 aromatic heterocycles. The van der Waals surface area contributed by atoms with Crippen LogP contribution in [0.15, 0.2) is 0 Å². The van der Waals surface area contributed by atoms with Crippen molar-refractivity contribution in [1.82, 2.24) is 10.2 Å². The van der Waals surface area contributed by atoms with Crippen LogP contribution in [0, 0.1) is 0 Å². The zero-order valence-corrected chi connectivity index (χ0v) is 13.0. The van der Waals surface area contributed by atoms with Crippen molar-refractivity contribution in [2.24, 2.45) is 5.73 Å². The first-order chi connectivity index (χ1) is 9.63. The van der Waals surface area contributed by atoms with Gasteiger partial charge in [-0.05, 0) is 19.4 Å². The summed E-state index contributed by atoms with van der Waals surface area (Å²) < 4.78 is 28.8. The summed E-state index contributed by atoms with van der Waals surface area (Å²) in [6.45, 7) is 2.29. The van der Waals surface area contributed by atoms with Crippen LogP contribution in [0.1, 0.15) is 25.7 Å². The first-order valence-electron chi connectivity index (χ1n) is 7.20. The average Bonchev–Trinajstić information content (AvgIpc) is 2.42. The number of piperidine rings is 1. The van der Waals surface area contributed by atoms with Crippen molar-refractivity contribution >= 4 is 18.3 Å². The minimum atomic E-state index is -2.41. The molecule has 1 saturated heterocycles. The molecule has 1 fully saturated rings. The third-order valence-electron chi connectivity index (χ3n) is 3.42. The van der Waals surface area contributed by atoms with Crippen LogP contribution in [0.2, 0.25) is 0 Å². The topological polar surface area (TPSA) is 67.6 Å². The summed E-state index contributed by atoms with van der Waals surface area (Å²) in [5, 5.41) is 2.87. The van der Waals surface area contributed by atoms with Crippen molar-refractivity contribution in [3.8, 4) is 0 Å². The van der Waals surface area contributed by atoms with Crippen LogP contribution in [0.25, 0.3) is 0 Å². The number of nitrogens with zero attached hydrogens (tertiary/aromatic N) is 1. The third kappa shape index (κ3) is 9.18. The number of ether oxygens (including phenoxy) is 1. The molecular weight excluding hydrogens is 304 g/mol. The Morgan fingerprint density at radius 1 is 1.43 bits per heavy atom. The number of likely N-dealkylation sites (tertiary alicyclic amines) is 1. The number of nitrogens with two attached hydrogens (primary N) is 1. The van der Waals surface area contributed by atoms with Crippen LogP contribution in [0.5, 0.6) is 0 Å². The fourth-order valence-corrected chi connectivity index (χ4v) is 2.39.